The van der Waals surface area contributed by atoms with Crippen molar-refractivity contribution in [1.82, 2.24) is 5.32 Å². The predicted octanol–water partition coefficient (Wildman–Crippen LogP) is 2.49. The Balaban J connectivity index is 2.17. The molecular weight excluding hydrogens is 396 g/mol. The number of nitrogens with one attached hydrogen (secondary N) is 2. The van der Waals surface area contributed by atoms with Crippen molar-refractivity contribution in [3.05, 3.63) is 53.6 Å². The molecular formula is C20H24N2O6S. The van der Waals surface area contributed by atoms with Gasteiger partial charge in [-0.05, 0) is 62.7 Å². The lowest BCUT2D eigenvalue weighted by molar-refractivity contribution is -0.146. The zero-order valence-electron chi connectivity index (χ0n) is 16.7. The van der Waals surface area contributed by atoms with E-state index in [1.54, 1.807) is 45.0 Å². The second-order valence-electron chi connectivity index (χ2n) is 6.54. The van der Waals surface area contributed by atoms with Crippen LogP contribution in [-0.2, 0) is 19.6 Å². The van der Waals surface area contributed by atoms with Gasteiger partial charge in [0.25, 0.3) is 15.9 Å². The van der Waals surface area contributed by atoms with Crippen LogP contribution in [0.15, 0.2) is 47.4 Å². The molecule has 2 rings (SSSR count). The Hall–Kier alpha value is -3.07. The van der Waals surface area contributed by atoms with E-state index in [1.807, 2.05) is 0 Å². The Bertz CT molecular complexity index is 985. The molecule has 0 aliphatic carbocycles. The Morgan fingerprint density at radius 2 is 1.72 bits per heavy atom. The van der Waals surface area contributed by atoms with Crippen LogP contribution in [0.5, 0.6) is 5.75 Å². The van der Waals surface area contributed by atoms with E-state index in [2.05, 4.69) is 10.0 Å². The van der Waals surface area contributed by atoms with E-state index in [0.717, 1.165) is 0 Å². The van der Waals surface area contributed by atoms with Gasteiger partial charge in [-0.25, -0.2) is 8.42 Å². The smallest absolute Gasteiger partial charge is 0.325 e. The summed E-state index contributed by atoms with van der Waals surface area (Å²) in [7, 11) is -2.41. The highest BCUT2D eigenvalue weighted by atomic mass is 32.2. The third kappa shape index (κ3) is 6.21. The molecule has 0 aliphatic heterocycles. The summed E-state index contributed by atoms with van der Waals surface area (Å²) in [5.74, 6) is -0.556. The summed E-state index contributed by atoms with van der Waals surface area (Å²) in [6, 6.07) is 10.7. The lowest BCUT2D eigenvalue weighted by atomic mass is 10.1. The van der Waals surface area contributed by atoms with Crippen molar-refractivity contribution in [3.8, 4) is 5.75 Å². The topological polar surface area (TPSA) is 111 Å². The number of hydrogen-bond donors (Lipinski definition) is 2. The maximum absolute atomic E-state index is 12.8. The standard InChI is InChI=1S/C20H24N2O6S/c1-13(2)28-19(23)12-21-20(24)15-6-5-14(3)18(11-15)29(25,26)22-16-7-9-17(27-4)10-8-16/h5-11,13,22H,12H2,1-4H3,(H,21,24). The van der Waals surface area contributed by atoms with Gasteiger partial charge in [-0.15, -0.1) is 0 Å². The molecule has 2 N–H and O–H groups in total. The highest BCUT2D eigenvalue weighted by Gasteiger charge is 2.20. The number of rotatable bonds is 8. The van der Waals surface area contributed by atoms with Crippen molar-refractivity contribution < 1.29 is 27.5 Å². The Morgan fingerprint density at radius 1 is 1.07 bits per heavy atom. The monoisotopic (exact) mass is 420 g/mol. The van der Waals surface area contributed by atoms with Gasteiger partial charge in [0.1, 0.15) is 12.3 Å². The van der Waals surface area contributed by atoms with Gasteiger partial charge in [0.15, 0.2) is 0 Å². The number of carbonyl (C=O) groups excluding carboxylic acids is 2. The fraction of sp³-hybridized carbons (Fsp3) is 0.300. The molecule has 0 saturated carbocycles. The fourth-order valence-corrected chi connectivity index (χ4v) is 3.79. The summed E-state index contributed by atoms with van der Waals surface area (Å²) in [5, 5.41) is 2.42. The molecule has 9 heteroatoms. The highest BCUT2D eigenvalue weighted by molar-refractivity contribution is 7.92. The third-order valence-corrected chi connectivity index (χ3v) is 5.37. The van der Waals surface area contributed by atoms with E-state index in [-0.39, 0.29) is 23.1 Å². The Morgan fingerprint density at radius 3 is 2.31 bits per heavy atom. The number of amides is 1. The van der Waals surface area contributed by atoms with Crippen LogP contribution in [0.3, 0.4) is 0 Å². The summed E-state index contributed by atoms with van der Waals surface area (Å²) in [6.07, 6.45) is -0.292. The maximum atomic E-state index is 12.8. The maximum Gasteiger partial charge on any atom is 0.325 e. The first-order valence-corrected chi connectivity index (χ1v) is 10.4. The first-order chi connectivity index (χ1) is 13.6. The molecule has 0 radical (unpaired) electrons. The van der Waals surface area contributed by atoms with Gasteiger partial charge in [0.2, 0.25) is 0 Å². The minimum atomic E-state index is -3.93. The normalized spacial score (nSPS) is 11.1. The zero-order chi connectivity index (χ0) is 21.6. The van der Waals surface area contributed by atoms with Crippen molar-refractivity contribution in [2.45, 2.75) is 31.8 Å². The highest BCUT2D eigenvalue weighted by Crippen LogP contribution is 2.22. The van der Waals surface area contributed by atoms with Crippen molar-refractivity contribution in [3.63, 3.8) is 0 Å². The SMILES string of the molecule is COc1ccc(NS(=O)(=O)c2cc(C(=O)NCC(=O)OC(C)C)ccc2C)cc1. The number of ether oxygens (including phenoxy) is 2. The molecule has 2 aromatic carbocycles. The van der Waals surface area contributed by atoms with Gasteiger partial charge in [-0.3, -0.25) is 14.3 Å². The lowest BCUT2D eigenvalue weighted by Crippen LogP contribution is -2.31. The molecule has 0 unspecified atom stereocenters. The zero-order valence-corrected chi connectivity index (χ0v) is 17.5. The number of anilines is 1. The Kier molecular flexibility index (Phi) is 7.22. The predicted molar refractivity (Wildman–Crippen MR) is 109 cm³/mol. The third-order valence-electron chi connectivity index (χ3n) is 3.84. The van der Waals surface area contributed by atoms with Crippen LogP contribution in [0.1, 0.15) is 29.8 Å². The van der Waals surface area contributed by atoms with E-state index in [1.165, 1.54) is 25.3 Å². The number of hydrogen-bond acceptors (Lipinski definition) is 6. The van der Waals surface area contributed by atoms with Crippen LogP contribution in [0.25, 0.3) is 0 Å². The summed E-state index contributed by atoms with van der Waals surface area (Å²) in [6.45, 7) is 4.72. The van der Waals surface area contributed by atoms with Gasteiger partial charge >= 0.3 is 5.97 Å². The average molecular weight is 420 g/mol. The summed E-state index contributed by atoms with van der Waals surface area (Å²) in [4.78, 5) is 23.8. The number of methoxy groups -OCH3 is 1. The molecule has 156 valence electrons. The fourth-order valence-electron chi connectivity index (χ4n) is 2.46. The number of sulfonamides is 1. The van der Waals surface area contributed by atoms with E-state index in [9.17, 15) is 18.0 Å². The van der Waals surface area contributed by atoms with Gasteiger partial charge in [0, 0.05) is 11.3 Å². The summed E-state index contributed by atoms with van der Waals surface area (Å²) >= 11 is 0. The minimum Gasteiger partial charge on any atom is -0.497 e. The van der Waals surface area contributed by atoms with Crippen LogP contribution < -0.4 is 14.8 Å². The van der Waals surface area contributed by atoms with E-state index >= 15 is 0 Å². The number of carbonyl (C=O) groups is 2. The van der Waals surface area contributed by atoms with E-state index in [4.69, 9.17) is 9.47 Å². The average Bonchev–Trinajstić information content (AvgIpc) is 2.66. The second kappa shape index (κ2) is 9.42. The van der Waals surface area contributed by atoms with Crippen molar-refractivity contribution in [2.75, 3.05) is 18.4 Å². The molecule has 29 heavy (non-hydrogen) atoms. The van der Waals surface area contributed by atoms with Crippen LogP contribution >= 0.6 is 0 Å². The van der Waals surface area contributed by atoms with Gasteiger partial charge in [-0.1, -0.05) is 6.07 Å². The summed E-state index contributed by atoms with van der Waals surface area (Å²) in [5.41, 5.74) is 0.946. The van der Waals surface area contributed by atoms with Crippen LogP contribution in [0.4, 0.5) is 5.69 Å². The van der Waals surface area contributed by atoms with Gasteiger partial charge < -0.3 is 14.8 Å². The number of esters is 1. The lowest BCUT2D eigenvalue weighted by Gasteiger charge is -2.13. The molecule has 0 atom stereocenters. The van der Waals surface area contributed by atoms with Gasteiger partial charge in [0.05, 0.1) is 18.1 Å². The largest absolute Gasteiger partial charge is 0.497 e. The molecule has 0 aliphatic rings. The quantitative estimate of drug-likeness (QED) is 0.635. The van der Waals surface area contributed by atoms with Crippen LogP contribution in [0.2, 0.25) is 0 Å². The van der Waals surface area contributed by atoms with Gasteiger partial charge in [-0.2, -0.15) is 0 Å². The van der Waals surface area contributed by atoms with Crippen molar-refractivity contribution in [1.29, 1.82) is 0 Å². The summed E-state index contributed by atoms with van der Waals surface area (Å²) < 4.78 is 38.1. The molecule has 0 spiro atoms. The first-order valence-electron chi connectivity index (χ1n) is 8.87. The molecule has 2 aromatic rings. The van der Waals surface area contributed by atoms with Crippen LogP contribution in [-0.4, -0.2) is 40.1 Å². The van der Waals surface area contributed by atoms with E-state index < -0.39 is 21.9 Å². The molecule has 0 aromatic heterocycles. The molecule has 0 heterocycles. The minimum absolute atomic E-state index is 0.0364. The molecule has 0 fully saturated rings. The number of benzene rings is 2. The molecule has 1 amide bonds. The first kappa shape index (κ1) is 22.2. The number of aryl methyl sites for hydroxylation is 1. The van der Waals surface area contributed by atoms with Crippen molar-refractivity contribution in [2.24, 2.45) is 0 Å². The van der Waals surface area contributed by atoms with Crippen molar-refractivity contribution >= 4 is 27.6 Å². The van der Waals surface area contributed by atoms with Crippen LogP contribution in [0, 0.1) is 6.92 Å². The molecule has 0 bridgehead atoms. The molecule has 0 saturated heterocycles. The Labute approximate surface area is 170 Å². The van der Waals surface area contributed by atoms with E-state index in [0.29, 0.717) is 17.0 Å². The second-order valence-corrected chi connectivity index (χ2v) is 8.19. The molecule has 8 nitrogen and oxygen atoms in total.